The van der Waals surface area contributed by atoms with Gasteiger partial charge in [-0.05, 0) is 40.5 Å². The zero-order valence-electron chi connectivity index (χ0n) is 16.0. The average molecular weight is 386 g/mol. The normalized spacial score (nSPS) is 14.9. The smallest absolute Gasteiger partial charge is 0.273 e. The second kappa shape index (κ2) is 6.81. The molecular weight excluding hydrogens is 367 g/mol. The molecule has 0 N–H and O–H groups in total. The quantitative estimate of drug-likeness (QED) is 0.688. The molecule has 0 spiro atoms. The number of amides is 1. The molecule has 0 fully saturated rings. The highest BCUT2D eigenvalue weighted by molar-refractivity contribution is 5.96. The molecule has 2 aromatic carbocycles. The van der Waals surface area contributed by atoms with Crippen molar-refractivity contribution in [2.24, 2.45) is 5.10 Å². The maximum Gasteiger partial charge on any atom is 0.273 e. The van der Waals surface area contributed by atoms with Gasteiger partial charge in [0.05, 0.1) is 12.8 Å². The summed E-state index contributed by atoms with van der Waals surface area (Å²) in [5, 5.41) is 6.15. The summed E-state index contributed by atoms with van der Waals surface area (Å²) in [6.07, 6.45) is 3.45. The van der Waals surface area contributed by atoms with E-state index in [1.807, 2.05) is 48.6 Å². The van der Waals surface area contributed by atoms with Crippen molar-refractivity contribution < 1.29 is 9.18 Å². The summed E-state index contributed by atoms with van der Waals surface area (Å²) >= 11 is 0. The second-order valence-electron chi connectivity index (χ2n) is 7.45. The van der Waals surface area contributed by atoms with Crippen LogP contribution in [0.15, 0.2) is 59.8 Å². The van der Waals surface area contributed by atoms with E-state index in [1.165, 1.54) is 0 Å². The van der Waals surface area contributed by atoms with Crippen LogP contribution in [-0.2, 0) is 19.6 Å². The Morgan fingerprint density at radius 2 is 1.86 bits per heavy atom. The van der Waals surface area contributed by atoms with Gasteiger partial charge in [0.2, 0.25) is 0 Å². The number of carbonyl (C=O) groups excluding carboxylic acids is 1. The van der Waals surface area contributed by atoms with Gasteiger partial charge in [-0.3, -0.25) is 14.8 Å². The largest absolute Gasteiger partial charge is 0.328 e. The van der Waals surface area contributed by atoms with Crippen LogP contribution >= 0.6 is 0 Å². The van der Waals surface area contributed by atoms with E-state index in [0.717, 1.165) is 34.4 Å². The summed E-state index contributed by atoms with van der Waals surface area (Å²) in [5.41, 5.74) is 5.88. The van der Waals surface area contributed by atoms with Crippen molar-refractivity contribution in [2.45, 2.75) is 19.6 Å². The zero-order chi connectivity index (χ0) is 20.0. The van der Waals surface area contributed by atoms with E-state index in [9.17, 15) is 9.18 Å². The molecule has 2 aliphatic heterocycles. The van der Waals surface area contributed by atoms with Crippen LogP contribution < -0.4 is 0 Å². The number of rotatable bonds is 3. The fourth-order valence-electron chi connectivity index (χ4n) is 3.87. The van der Waals surface area contributed by atoms with Gasteiger partial charge in [-0.15, -0.1) is 0 Å². The predicted octanol–water partition coefficient (Wildman–Crippen LogP) is 3.82. The number of hydrazone groups is 1. The predicted molar refractivity (Wildman–Crippen MR) is 109 cm³/mol. The van der Waals surface area contributed by atoms with Crippen LogP contribution in [0.1, 0.15) is 32.7 Å². The number of halogens is 1. The summed E-state index contributed by atoms with van der Waals surface area (Å²) in [6, 6.07) is 15.0. The first kappa shape index (κ1) is 17.6. The first-order valence-electron chi connectivity index (χ1n) is 9.48. The summed E-state index contributed by atoms with van der Waals surface area (Å²) in [7, 11) is 1.92. The molecule has 3 heterocycles. The highest BCUT2D eigenvalue weighted by atomic mass is 19.1. The van der Waals surface area contributed by atoms with Gasteiger partial charge < -0.3 is 4.90 Å². The Morgan fingerprint density at radius 3 is 2.69 bits per heavy atom. The number of hydrogen-bond acceptors (Lipinski definition) is 4. The SMILES string of the molecule is CN1Cc2cc(-c3ccc(CN4Cc5cccnc5C4=O)c(F)c3)ccc2C=N1. The Bertz CT molecular complexity index is 1160. The molecule has 0 radical (unpaired) electrons. The lowest BCUT2D eigenvalue weighted by Gasteiger charge is -2.20. The molecule has 2 aliphatic rings. The average Bonchev–Trinajstić information content (AvgIpc) is 3.04. The fraction of sp³-hybridized carbons (Fsp3) is 0.174. The molecule has 3 aromatic rings. The fourth-order valence-corrected chi connectivity index (χ4v) is 3.87. The van der Waals surface area contributed by atoms with Gasteiger partial charge in [0.25, 0.3) is 5.91 Å². The number of benzene rings is 2. The molecule has 6 heteroatoms. The lowest BCUT2D eigenvalue weighted by Crippen LogP contribution is -2.24. The van der Waals surface area contributed by atoms with Crippen molar-refractivity contribution in [1.82, 2.24) is 14.9 Å². The van der Waals surface area contributed by atoms with E-state index in [4.69, 9.17) is 0 Å². The molecule has 144 valence electrons. The monoisotopic (exact) mass is 386 g/mol. The van der Waals surface area contributed by atoms with E-state index < -0.39 is 0 Å². The number of nitrogens with zero attached hydrogens (tertiary/aromatic N) is 4. The first-order chi connectivity index (χ1) is 14.1. The summed E-state index contributed by atoms with van der Waals surface area (Å²) in [6.45, 7) is 1.42. The van der Waals surface area contributed by atoms with Crippen molar-refractivity contribution in [1.29, 1.82) is 0 Å². The van der Waals surface area contributed by atoms with Crippen molar-refractivity contribution in [2.75, 3.05) is 7.05 Å². The summed E-state index contributed by atoms with van der Waals surface area (Å²) < 4.78 is 14.9. The van der Waals surface area contributed by atoms with Crippen molar-refractivity contribution in [3.63, 3.8) is 0 Å². The molecule has 5 rings (SSSR count). The minimum atomic E-state index is -0.310. The standard InChI is InChI=1S/C23H19FN4O/c1-27-12-20-9-15(4-6-17(20)11-26-27)16-5-7-18(21(24)10-16)13-28-14-19-3-2-8-25-22(19)23(28)29/h2-11H,12-14H2,1H3. The van der Waals surface area contributed by atoms with Gasteiger partial charge in [0.1, 0.15) is 11.5 Å². The Hall–Kier alpha value is -3.54. The molecule has 1 amide bonds. The molecule has 0 bridgehead atoms. The third kappa shape index (κ3) is 3.16. The third-order valence-corrected chi connectivity index (χ3v) is 5.43. The van der Waals surface area contributed by atoms with Crippen LogP contribution in [-0.4, -0.2) is 34.1 Å². The van der Waals surface area contributed by atoms with Crippen LogP contribution in [0.5, 0.6) is 0 Å². The second-order valence-corrected chi connectivity index (χ2v) is 7.45. The van der Waals surface area contributed by atoms with Gasteiger partial charge >= 0.3 is 0 Å². The van der Waals surface area contributed by atoms with E-state index in [1.54, 1.807) is 23.2 Å². The van der Waals surface area contributed by atoms with Crippen LogP contribution in [0.25, 0.3) is 11.1 Å². The lowest BCUT2D eigenvalue weighted by molar-refractivity contribution is 0.0761. The Kier molecular flexibility index (Phi) is 4.12. The van der Waals surface area contributed by atoms with Crippen molar-refractivity contribution in [3.05, 3.63) is 88.5 Å². The maximum absolute atomic E-state index is 14.9. The molecule has 0 atom stereocenters. The lowest BCUT2D eigenvalue weighted by atomic mass is 9.97. The van der Waals surface area contributed by atoms with Gasteiger partial charge in [0.15, 0.2) is 0 Å². The first-order valence-corrected chi connectivity index (χ1v) is 9.48. The number of fused-ring (bicyclic) bond motifs is 2. The van der Waals surface area contributed by atoms with Gasteiger partial charge in [-0.2, -0.15) is 5.10 Å². The molecule has 0 saturated heterocycles. The summed E-state index contributed by atoms with van der Waals surface area (Å²) in [4.78, 5) is 18.3. The van der Waals surface area contributed by atoms with Crippen LogP contribution in [0.2, 0.25) is 0 Å². The minimum absolute atomic E-state index is 0.149. The number of hydrogen-bond donors (Lipinski definition) is 0. The highest BCUT2D eigenvalue weighted by Crippen LogP contribution is 2.28. The van der Waals surface area contributed by atoms with E-state index >= 15 is 0 Å². The van der Waals surface area contributed by atoms with Crippen molar-refractivity contribution in [3.8, 4) is 11.1 Å². The number of pyridine rings is 1. The van der Waals surface area contributed by atoms with E-state index in [2.05, 4.69) is 16.2 Å². The Morgan fingerprint density at radius 1 is 1.03 bits per heavy atom. The van der Waals surface area contributed by atoms with Gasteiger partial charge in [-0.1, -0.05) is 30.3 Å². The molecular formula is C23H19FN4O. The number of aromatic nitrogens is 1. The van der Waals surface area contributed by atoms with Gasteiger partial charge in [-0.25, -0.2) is 4.39 Å². The van der Waals surface area contributed by atoms with E-state index in [-0.39, 0.29) is 18.3 Å². The highest BCUT2D eigenvalue weighted by Gasteiger charge is 2.28. The molecule has 0 aliphatic carbocycles. The van der Waals surface area contributed by atoms with Crippen LogP contribution in [0.4, 0.5) is 4.39 Å². The molecule has 5 nitrogen and oxygen atoms in total. The Balaban J connectivity index is 1.39. The maximum atomic E-state index is 14.9. The zero-order valence-corrected chi connectivity index (χ0v) is 16.0. The molecule has 0 unspecified atom stereocenters. The number of carbonyl (C=O) groups is 1. The van der Waals surface area contributed by atoms with Crippen LogP contribution in [0, 0.1) is 5.82 Å². The Labute approximate surface area is 168 Å². The molecule has 29 heavy (non-hydrogen) atoms. The topological polar surface area (TPSA) is 48.8 Å². The summed E-state index contributed by atoms with van der Waals surface area (Å²) in [5.74, 6) is -0.458. The minimum Gasteiger partial charge on any atom is -0.328 e. The van der Waals surface area contributed by atoms with Gasteiger partial charge in [0, 0.05) is 37.5 Å². The molecule has 0 saturated carbocycles. The molecule has 1 aromatic heterocycles. The van der Waals surface area contributed by atoms with E-state index in [0.29, 0.717) is 17.8 Å². The third-order valence-electron chi connectivity index (χ3n) is 5.43. The van der Waals surface area contributed by atoms with Crippen LogP contribution in [0.3, 0.4) is 0 Å². The van der Waals surface area contributed by atoms with Crippen molar-refractivity contribution >= 4 is 12.1 Å².